The Balaban J connectivity index is 2.24. The molecule has 2 aromatic rings. The summed E-state index contributed by atoms with van der Waals surface area (Å²) in [4.78, 5) is 3.96. The third-order valence-electron chi connectivity index (χ3n) is 2.01. The molecule has 0 unspecified atom stereocenters. The molecule has 4 heteroatoms. The number of benzene rings is 1. The van der Waals surface area contributed by atoms with Crippen LogP contribution in [0.4, 0.5) is 5.69 Å². The predicted molar refractivity (Wildman–Crippen MR) is 61.7 cm³/mol. The van der Waals surface area contributed by atoms with Crippen molar-refractivity contribution in [2.24, 2.45) is 0 Å². The van der Waals surface area contributed by atoms with Crippen molar-refractivity contribution < 1.29 is 9.47 Å². The van der Waals surface area contributed by atoms with Crippen LogP contribution in [0, 0.1) is 0 Å². The first kappa shape index (κ1) is 10.3. The van der Waals surface area contributed by atoms with Gasteiger partial charge in [0.15, 0.2) is 0 Å². The lowest BCUT2D eigenvalue weighted by Crippen LogP contribution is -1.91. The number of pyridine rings is 1. The van der Waals surface area contributed by atoms with Crippen molar-refractivity contribution in [1.82, 2.24) is 4.98 Å². The van der Waals surface area contributed by atoms with Crippen LogP contribution in [-0.4, -0.2) is 12.1 Å². The van der Waals surface area contributed by atoms with Gasteiger partial charge in [0.05, 0.1) is 13.3 Å². The van der Waals surface area contributed by atoms with Crippen LogP contribution in [0.1, 0.15) is 0 Å². The smallest absolute Gasteiger partial charge is 0.145 e. The highest BCUT2D eigenvalue weighted by Gasteiger charge is 2.01. The molecule has 0 aliphatic carbocycles. The highest BCUT2D eigenvalue weighted by Crippen LogP contribution is 2.27. The Morgan fingerprint density at radius 3 is 2.62 bits per heavy atom. The number of hydrogen-bond donors (Lipinski definition) is 1. The SMILES string of the molecule is COc1cc(N)cc(Oc2cccnc2)c1. The summed E-state index contributed by atoms with van der Waals surface area (Å²) >= 11 is 0. The van der Waals surface area contributed by atoms with E-state index in [1.54, 1.807) is 43.8 Å². The van der Waals surface area contributed by atoms with Crippen molar-refractivity contribution in [2.45, 2.75) is 0 Å². The van der Waals surface area contributed by atoms with Gasteiger partial charge in [0.2, 0.25) is 0 Å². The van der Waals surface area contributed by atoms with Crippen LogP contribution in [0.3, 0.4) is 0 Å². The zero-order valence-electron chi connectivity index (χ0n) is 8.88. The number of nitrogens with two attached hydrogens (primary N) is 1. The first-order chi connectivity index (χ1) is 7.78. The molecule has 0 aliphatic rings. The minimum atomic E-state index is 0.596. The molecule has 0 bridgehead atoms. The van der Waals surface area contributed by atoms with Crippen molar-refractivity contribution in [3.8, 4) is 17.2 Å². The van der Waals surface area contributed by atoms with Gasteiger partial charge >= 0.3 is 0 Å². The Hall–Kier alpha value is -2.23. The lowest BCUT2D eigenvalue weighted by molar-refractivity contribution is 0.409. The average Bonchev–Trinajstić information content (AvgIpc) is 2.29. The largest absolute Gasteiger partial charge is 0.497 e. The summed E-state index contributed by atoms with van der Waals surface area (Å²) in [5.41, 5.74) is 6.31. The maximum Gasteiger partial charge on any atom is 0.145 e. The van der Waals surface area contributed by atoms with Gasteiger partial charge in [-0.3, -0.25) is 4.98 Å². The second kappa shape index (κ2) is 4.53. The van der Waals surface area contributed by atoms with Crippen molar-refractivity contribution in [1.29, 1.82) is 0 Å². The van der Waals surface area contributed by atoms with E-state index in [1.165, 1.54) is 0 Å². The van der Waals surface area contributed by atoms with E-state index >= 15 is 0 Å². The molecule has 0 amide bonds. The molecule has 0 saturated heterocycles. The van der Waals surface area contributed by atoms with Crippen LogP contribution in [0.2, 0.25) is 0 Å². The molecule has 4 nitrogen and oxygen atoms in total. The van der Waals surface area contributed by atoms with E-state index in [0.29, 0.717) is 22.9 Å². The molecule has 0 radical (unpaired) electrons. The van der Waals surface area contributed by atoms with E-state index in [0.717, 1.165) is 0 Å². The quantitative estimate of drug-likeness (QED) is 0.801. The van der Waals surface area contributed by atoms with Gasteiger partial charge in [0, 0.05) is 30.1 Å². The maximum atomic E-state index is 5.71. The molecule has 16 heavy (non-hydrogen) atoms. The van der Waals surface area contributed by atoms with Crippen LogP contribution in [-0.2, 0) is 0 Å². The predicted octanol–water partition coefficient (Wildman–Crippen LogP) is 2.46. The topological polar surface area (TPSA) is 57.4 Å². The zero-order valence-corrected chi connectivity index (χ0v) is 8.88. The van der Waals surface area contributed by atoms with Crippen molar-refractivity contribution in [2.75, 3.05) is 12.8 Å². The molecule has 82 valence electrons. The number of methoxy groups -OCH3 is 1. The lowest BCUT2D eigenvalue weighted by atomic mass is 10.3. The van der Waals surface area contributed by atoms with Gasteiger partial charge < -0.3 is 15.2 Å². The first-order valence-corrected chi connectivity index (χ1v) is 4.80. The fraction of sp³-hybridized carbons (Fsp3) is 0.0833. The van der Waals surface area contributed by atoms with Crippen LogP contribution in [0.5, 0.6) is 17.2 Å². The number of hydrogen-bond acceptors (Lipinski definition) is 4. The second-order valence-electron chi connectivity index (χ2n) is 3.23. The molecule has 2 rings (SSSR count). The summed E-state index contributed by atoms with van der Waals surface area (Å²) in [6, 6.07) is 8.86. The third-order valence-corrected chi connectivity index (χ3v) is 2.01. The molecule has 0 aliphatic heterocycles. The summed E-state index contributed by atoms with van der Waals surface area (Å²) in [5.74, 6) is 1.96. The van der Waals surface area contributed by atoms with Crippen molar-refractivity contribution in [3.63, 3.8) is 0 Å². The van der Waals surface area contributed by atoms with Gasteiger partial charge in [-0.2, -0.15) is 0 Å². The van der Waals surface area contributed by atoms with Crippen LogP contribution < -0.4 is 15.2 Å². The fourth-order valence-electron chi connectivity index (χ4n) is 1.31. The molecule has 0 atom stereocenters. The number of anilines is 1. The van der Waals surface area contributed by atoms with E-state index in [9.17, 15) is 0 Å². The Labute approximate surface area is 93.6 Å². The Kier molecular flexibility index (Phi) is 2.91. The number of rotatable bonds is 3. The molecule has 0 spiro atoms. The van der Waals surface area contributed by atoms with E-state index < -0.39 is 0 Å². The number of nitrogens with zero attached hydrogens (tertiary/aromatic N) is 1. The maximum absolute atomic E-state index is 5.71. The summed E-state index contributed by atoms with van der Waals surface area (Å²) in [5, 5.41) is 0. The Bertz CT molecular complexity index is 472. The van der Waals surface area contributed by atoms with Crippen LogP contribution in [0.25, 0.3) is 0 Å². The van der Waals surface area contributed by atoms with Gasteiger partial charge in [-0.05, 0) is 12.1 Å². The normalized spacial score (nSPS) is 9.81. The second-order valence-corrected chi connectivity index (χ2v) is 3.23. The Morgan fingerprint density at radius 2 is 1.94 bits per heavy atom. The summed E-state index contributed by atoms with van der Waals surface area (Å²) in [6.07, 6.45) is 3.32. The molecule has 1 aromatic heterocycles. The fourth-order valence-corrected chi connectivity index (χ4v) is 1.31. The van der Waals surface area contributed by atoms with E-state index in [-0.39, 0.29) is 0 Å². The van der Waals surface area contributed by atoms with Crippen LogP contribution in [0.15, 0.2) is 42.7 Å². The summed E-state index contributed by atoms with van der Waals surface area (Å²) < 4.78 is 10.7. The van der Waals surface area contributed by atoms with Gasteiger partial charge in [0.25, 0.3) is 0 Å². The van der Waals surface area contributed by atoms with Crippen LogP contribution >= 0.6 is 0 Å². The van der Waals surface area contributed by atoms with Gasteiger partial charge in [-0.15, -0.1) is 0 Å². The van der Waals surface area contributed by atoms with E-state index in [2.05, 4.69) is 4.98 Å². The highest BCUT2D eigenvalue weighted by molar-refractivity contribution is 5.51. The lowest BCUT2D eigenvalue weighted by Gasteiger charge is -2.08. The van der Waals surface area contributed by atoms with Gasteiger partial charge in [-0.1, -0.05) is 0 Å². The molecular weight excluding hydrogens is 204 g/mol. The number of aromatic nitrogens is 1. The van der Waals surface area contributed by atoms with Crippen molar-refractivity contribution >= 4 is 5.69 Å². The minimum Gasteiger partial charge on any atom is -0.497 e. The molecule has 1 aromatic carbocycles. The summed E-state index contributed by atoms with van der Waals surface area (Å²) in [6.45, 7) is 0. The summed E-state index contributed by atoms with van der Waals surface area (Å²) in [7, 11) is 1.59. The minimum absolute atomic E-state index is 0.596. The zero-order chi connectivity index (χ0) is 11.4. The molecule has 2 N–H and O–H groups in total. The van der Waals surface area contributed by atoms with Crippen molar-refractivity contribution in [3.05, 3.63) is 42.7 Å². The van der Waals surface area contributed by atoms with Gasteiger partial charge in [0.1, 0.15) is 17.2 Å². The first-order valence-electron chi connectivity index (χ1n) is 4.80. The van der Waals surface area contributed by atoms with Gasteiger partial charge in [-0.25, -0.2) is 0 Å². The monoisotopic (exact) mass is 216 g/mol. The van der Waals surface area contributed by atoms with E-state index in [1.807, 2.05) is 6.07 Å². The molecule has 0 saturated carbocycles. The van der Waals surface area contributed by atoms with E-state index in [4.69, 9.17) is 15.2 Å². The molecule has 1 heterocycles. The number of ether oxygens (including phenoxy) is 2. The third kappa shape index (κ3) is 2.42. The Morgan fingerprint density at radius 1 is 1.12 bits per heavy atom. The molecule has 0 fully saturated rings. The standard InChI is InChI=1S/C12H12N2O2/c1-15-11-5-9(13)6-12(7-11)16-10-3-2-4-14-8-10/h2-8H,13H2,1H3. The molecular formula is C12H12N2O2. The number of nitrogen functional groups attached to an aromatic ring is 1. The average molecular weight is 216 g/mol. The highest BCUT2D eigenvalue weighted by atomic mass is 16.5.